The van der Waals surface area contributed by atoms with Crippen LogP contribution >= 0.6 is 0 Å². The van der Waals surface area contributed by atoms with Gasteiger partial charge in [-0.15, -0.1) is 5.11 Å². The van der Waals surface area contributed by atoms with Crippen LogP contribution in [0.25, 0.3) is 5.69 Å². The molecule has 0 unspecified atom stereocenters. The number of carbonyl (C=O) groups is 1. The number of hydrogen-bond donors (Lipinski definition) is 4. The second kappa shape index (κ2) is 15.1. The van der Waals surface area contributed by atoms with Crippen LogP contribution in [0.4, 0.5) is 11.4 Å². The zero-order valence-corrected chi connectivity index (χ0v) is 16.7. The second-order valence-electron chi connectivity index (χ2n) is 5.88. The summed E-state index contributed by atoms with van der Waals surface area (Å²) in [4.78, 5) is 10.7. The van der Waals surface area contributed by atoms with Crippen molar-refractivity contribution in [2.75, 3.05) is 0 Å². The van der Waals surface area contributed by atoms with E-state index in [0.29, 0.717) is 0 Å². The van der Waals surface area contributed by atoms with Crippen LogP contribution in [0.5, 0.6) is 5.88 Å². The van der Waals surface area contributed by atoms with Crippen LogP contribution < -0.4 is 0 Å². The molecule has 0 bridgehead atoms. The van der Waals surface area contributed by atoms with Crippen molar-refractivity contribution in [1.29, 1.82) is 0 Å². The van der Waals surface area contributed by atoms with E-state index in [1.807, 2.05) is 0 Å². The van der Waals surface area contributed by atoms with E-state index in [1.165, 1.54) is 12.1 Å². The Labute approximate surface area is 288 Å². The van der Waals surface area contributed by atoms with E-state index in [4.69, 9.17) is 9.11 Å². The van der Waals surface area contributed by atoms with Crippen molar-refractivity contribution in [3.8, 4) is 11.6 Å². The van der Waals surface area contributed by atoms with Crippen LogP contribution in [0.15, 0.2) is 68.6 Å². The van der Waals surface area contributed by atoms with Crippen LogP contribution in [0.3, 0.4) is 0 Å². The molecule has 0 amide bonds. The van der Waals surface area contributed by atoms with Gasteiger partial charge in [0.25, 0.3) is 20.2 Å². The number of nitrogens with zero attached hydrogens (tertiary/aromatic N) is 4. The minimum atomic E-state index is -4.45. The molecule has 35 heavy (non-hydrogen) atoms. The average molecular weight is 564 g/mol. The SMILES string of the molecule is O=C(O)c1nn(-c2ccc(S(=O)(=O)O)cc2)c(O)c1/N=N/c1ccc(S(=O)(=O)O)cc1.[NaH].[NaH].[NaH].[NaH]. The van der Waals surface area contributed by atoms with Gasteiger partial charge in [0.1, 0.15) is 0 Å². The number of benzene rings is 2. The van der Waals surface area contributed by atoms with E-state index in [2.05, 4.69) is 15.3 Å². The van der Waals surface area contributed by atoms with Gasteiger partial charge in [0.2, 0.25) is 11.6 Å². The van der Waals surface area contributed by atoms with Gasteiger partial charge in [0, 0.05) is 0 Å². The van der Waals surface area contributed by atoms with E-state index in [-0.39, 0.29) is 134 Å². The molecule has 0 spiro atoms. The third-order valence-corrected chi connectivity index (χ3v) is 5.55. The maximum atomic E-state index is 11.5. The predicted octanol–water partition coefficient (Wildman–Crippen LogP) is -0.409. The number of azo groups is 1. The fraction of sp³-hybridized carbons (Fsp3) is 0. The molecule has 0 saturated heterocycles. The van der Waals surface area contributed by atoms with Crippen molar-refractivity contribution in [1.82, 2.24) is 9.78 Å². The summed E-state index contributed by atoms with van der Waals surface area (Å²) in [6, 6.07) is 8.82. The Morgan fingerprint density at radius 2 is 1.20 bits per heavy atom. The first-order valence-corrected chi connectivity index (χ1v) is 10.9. The Balaban J connectivity index is 0. The van der Waals surface area contributed by atoms with Gasteiger partial charge in [-0.3, -0.25) is 9.11 Å². The van der Waals surface area contributed by atoms with Crippen LogP contribution in [-0.2, 0) is 20.2 Å². The molecule has 0 aliphatic rings. The molecule has 0 aliphatic carbocycles. The maximum absolute atomic E-state index is 11.5. The Kier molecular flexibility index (Phi) is 16.1. The molecule has 13 nitrogen and oxygen atoms in total. The van der Waals surface area contributed by atoms with E-state index in [9.17, 15) is 31.8 Å². The van der Waals surface area contributed by atoms with Gasteiger partial charge in [-0.1, -0.05) is 0 Å². The number of aromatic nitrogens is 2. The van der Waals surface area contributed by atoms with Gasteiger partial charge < -0.3 is 10.2 Å². The first kappa shape index (κ1) is 37.5. The molecule has 0 aliphatic heterocycles. The summed E-state index contributed by atoms with van der Waals surface area (Å²) < 4.78 is 63.1. The van der Waals surface area contributed by atoms with Gasteiger partial charge in [0.05, 0.1) is 21.2 Å². The number of hydrogen-bond acceptors (Lipinski definition) is 9. The van der Waals surface area contributed by atoms with E-state index < -0.39 is 48.4 Å². The van der Waals surface area contributed by atoms with E-state index in [0.717, 1.165) is 41.1 Å². The van der Waals surface area contributed by atoms with E-state index >= 15 is 0 Å². The molecular formula is C16H16N4Na4O9S2. The zero-order valence-electron chi connectivity index (χ0n) is 15.1. The molecule has 2 aromatic carbocycles. The summed E-state index contributed by atoms with van der Waals surface area (Å²) in [7, 11) is -8.86. The quantitative estimate of drug-likeness (QED) is 0.173. The van der Waals surface area contributed by atoms with Crippen molar-refractivity contribution in [2.24, 2.45) is 10.2 Å². The molecule has 0 saturated carbocycles. The third-order valence-electron chi connectivity index (χ3n) is 3.82. The van der Waals surface area contributed by atoms with Crippen molar-refractivity contribution in [2.45, 2.75) is 9.79 Å². The fourth-order valence-electron chi connectivity index (χ4n) is 2.37. The Morgan fingerprint density at radius 1 is 0.771 bits per heavy atom. The molecule has 3 aromatic rings. The number of aromatic carboxylic acids is 1. The van der Waals surface area contributed by atoms with Crippen molar-refractivity contribution in [3.05, 3.63) is 54.2 Å². The van der Waals surface area contributed by atoms with Gasteiger partial charge in [-0.2, -0.15) is 31.7 Å². The van der Waals surface area contributed by atoms with Crippen LogP contribution in [-0.4, -0.2) is 170 Å². The van der Waals surface area contributed by atoms with Crippen LogP contribution in [0, 0.1) is 0 Å². The molecule has 3 rings (SSSR count). The van der Waals surface area contributed by atoms with Crippen LogP contribution in [0.1, 0.15) is 10.5 Å². The molecule has 170 valence electrons. The van der Waals surface area contributed by atoms with E-state index in [1.54, 1.807) is 0 Å². The van der Waals surface area contributed by atoms with Crippen molar-refractivity contribution >= 4 is 156 Å². The second-order valence-corrected chi connectivity index (χ2v) is 8.72. The topological polar surface area (TPSA) is 209 Å². The van der Waals surface area contributed by atoms with Gasteiger partial charge in [-0.05, 0) is 48.5 Å². The fourth-order valence-corrected chi connectivity index (χ4v) is 3.33. The molecule has 19 heteroatoms. The molecule has 1 heterocycles. The minimum absolute atomic E-state index is 0. The van der Waals surface area contributed by atoms with Gasteiger partial charge in [0.15, 0.2) is 5.69 Å². The van der Waals surface area contributed by atoms with Crippen LogP contribution in [0.2, 0.25) is 0 Å². The first-order valence-electron chi connectivity index (χ1n) is 8.00. The Bertz CT molecular complexity index is 1410. The average Bonchev–Trinajstić information content (AvgIpc) is 3.02. The molecule has 1 aromatic heterocycles. The summed E-state index contributed by atoms with van der Waals surface area (Å²) in [5, 5.41) is 30.8. The molecule has 0 fully saturated rings. The predicted molar refractivity (Wildman–Crippen MR) is 131 cm³/mol. The van der Waals surface area contributed by atoms with Gasteiger partial charge >= 0.3 is 124 Å². The summed E-state index contributed by atoms with van der Waals surface area (Å²) >= 11 is 0. The Morgan fingerprint density at radius 3 is 1.60 bits per heavy atom. The molecule has 0 radical (unpaired) electrons. The summed E-state index contributed by atoms with van der Waals surface area (Å²) in [5.41, 5.74) is -1.06. The summed E-state index contributed by atoms with van der Waals surface area (Å²) in [6.07, 6.45) is 0. The van der Waals surface area contributed by atoms with Gasteiger partial charge in [-0.25, -0.2) is 4.79 Å². The number of rotatable bonds is 6. The number of carboxylic acids is 1. The number of aromatic hydroxyl groups is 1. The first-order chi connectivity index (χ1) is 14.4. The van der Waals surface area contributed by atoms with Crippen molar-refractivity contribution < 1.29 is 40.9 Å². The summed E-state index contributed by atoms with van der Waals surface area (Å²) in [6.45, 7) is 0. The summed E-state index contributed by atoms with van der Waals surface area (Å²) in [5.74, 6) is -2.27. The zero-order chi connectivity index (χ0) is 23.0. The molecule has 0 atom stereocenters. The molecule has 4 N–H and O–H groups in total. The van der Waals surface area contributed by atoms with Crippen molar-refractivity contribution in [3.63, 3.8) is 0 Å². The Hall–Kier alpha value is 0.340. The normalized spacial score (nSPS) is 10.9. The molecular weight excluding hydrogens is 548 g/mol. The third kappa shape index (κ3) is 9.55. The monoisotopic (exact) mass is 564 g/mol. The number of carboxylic acid groups (broad SMARTS) is 1. The standard InChI is InChI=1S/C16H12N4O9S2.4Na.4H/c21-15-13(18-17-9-1-5-11(6-2-9)30(24,25)26)14(16(22)23)19-20(15)10-3-7-12(8-4-10)31(27,28)29;;;;;;;;/h1-8,21H,(H,22,23)(H,24,25,26)(H,27,28,29);;;;;;;;/b18-17+;;;;;;;;.